The first-order valence-electron chi connectivity index (χ1n) is 12.4. The number of hydrogen-bond donors (Lipinski definition) is 1. The minimum atomic E-state index is -4.80. The monoisotopic (exact) mass is 553 g/mol. The number of hydrogen-bond acceptors (Lipinski definition) is 8. The van der Waals surface area contributed by atoms with Crippen LogP contribution < -0.4 is 15.0 Å². The minimum absolute atomic E-state index is 0.0280. The van der Waals surface area contributed by atoms with Crippen LogP contribution in [0.2, 0.25) is 0 Å². The van der Waals surface area contributed by atoms with Crippen LogP contribution in [0.3, 0.4) is 0 Å². The average Bonchev–Trinajstić information content (AvgIpc) is 2.92. The summed E-state index contributed by atoms with van der Waals surface area (Å²) in [6, 6.07) is 6.82. The first kappa shape index (κ1) is 27.8. The Labute approximate surface area is 224 Å². The third-order valence-electron chi connectivity index (χ3n) is 6.91. The molecule has 0 unspecified atom stereocenters. The smallest absolute Gasteiger partial charge is 0.423 e. The second-order valence-electron chi connectivity index (χ2n) is 9.34. The van der Waals surface area contributed by atoms with E-state index in [1.807, 2.05) is 12.1 Å². The summed E-state index contributed by atoms with van der Waals surface area (Å²) < 4.78 is 50.9. The van der Waals surface area contributed by atoms with Crippen molar-refractivity contribution in [1.29, 1.82) is 0 Å². The molecule has 4 rings (SSSR count). The standard InChI is InChI=1S/C25H30F3N5O4S/c1-36-23-9-5-19(15-29-23)31-10-12-32(13-11-31)24(38)16-37-20-6-2-17(3-7-20)30-18-4-8-22(33(34)35)21(14-18)25(26,27)28/h4-5,8-9,14-15,17,20,30H,2-3,6-7,10-13,16H2,1H3. The molecule has 0 amide bonds. The summed E-state index contributed by atoms with van der Waals surface area (Å²) in [7, 11) is 1.59. The molecule has 1 N–H and O–H groups in total. The van der Waals surface area contributed by atoms with Crippen LogP contribution in [0.1, 0.15) is 31.2 Å². The molecule has 13 heteroatoms. The zero-order valence-electron chi connectivity index (χ0n) is 20.9. The number of piperazine rings is 1. The number of halogens is 3. The van der Waals surface area contributed by atoms with Crippen LogP contribution in [0.15, 0.2) is 36.5 Å². The average molecular weight is 554 g/mol. The maximum Gasteiger partial charge on any atom is 0.423 e. The number of nitro groups is 1. The molecule has 1 aromatic carbocycles. The molecule has 0 radical (unpaired) electrons. The zero-order valence-corrected chi connectivity index (χ0v) is 21.8. The maximum absolute atomic E-state index is 13.3. The number of alkyl halides is 3. The quantitative estimate of drug-likeness (QED) is 0.278. The van der Waals surface area contributed by atoms with Gasteiger partial charge in [0, 0.05) is 50.0 Å². The van der Waals surface area contributed by atoms with Crippen LogP contribution >= 0.6 is 12.2 Å². The van der Waals surface area contributed by atoms with Gasteiger partial charge in [-0.1, -0.05) is 12.2 Å². The van der Waals surface area contributed by atoms with Crippen molar-refractivity contribution in [1.82, 2.24) is 9.88 Å². The fourth-order valence-electron chi connectivity index (χ4n) is 4.80. The minimum Gasteiger partial charge on any atom is -0.481 e. The Kier molecular flexibility index (Phi) is 8.87. The van der Waals surface area contributed by atoms with Crippen LogP contribution in [-0.4, -0.2) is 71.8 Å². The highest BCUT2D eigenvalue weighted by Crippen LogP contribution is 2.38. The number of pyridine rings is 1. The highest BCUT2D eigenvalue weighted by Gasteiger charge is 2.38. The normalized spacial score (nSPS) is 20.2. The van der Waals surface area contributed by atoms with Gasteiger partial charge in [0.05, 0.1) is 36.6 Å². The molecular weight excluding hydrogens is 523 g/mol. The van der Waals surface area contributed by atoms with Crippen molar-refractivity contribution in [3.05, 3.63) is 52.2 Å². The molecular formula is C25H30F3N5O4S. The van der Waals surface area contributed by atoms with Crippen molar-refractivity contribution < 1.29 is 27.6 Å². The van der Waals surface area contributed by atoms with E-state index < -0.39 is 22.4 Å². The Morgan fingerprint density at radius 3 is 2.45 bits per heavy atom. The largest absolute Gasteiger partial charge is 0.481 e. The Morgan fingerprint density at radius 1 is 1.16 bits per heavy atom. The van der Waals surface area contributed by atoms with Crippen LogP contribution in [0, 0.1) is 10.1 Å². The molecule has 9 nitrogen and oxygen atoms in total. The maximum atomic E-state index is 13.3. The fraction of sp³-hybridized carbons (Fsp3) is 0.520. The van der Waals surface area contributed by atoms with Gasteiger partial charge in [-0.05, 0) is 43.9 Å². The van der Waals surface area contributed by atoms with Crippen molar-refractivity contribution in [3.8, 4) is 5.88 Å². The van der Waals surface area contributed by atoms with Crippen LogP contribution in [-0.2, 0) is 10.9 Å². The summed E-state index contributed by atoms with van der Waals surface area (Å²) in [4.78, 5) is 19.4. The number of aromatic nitrogens is 1. The summed E-state index contributed by atoms with van der Waals surface area (Å²) in [6.07, 6.45) is -0.0499. The molecule has 2 fully saturated rings. The van der Waals surface area contributed by atoms with E-state index in [2.05, 4.69) is 20.1 Å². The molecule has 1 aromatic heterocycles. The van der Waals surface area contributed by atoms with E-state index in [-0.39, 0.29) is 17.8 Å². The van der Waals surface area contributed by atoms with Gasteiger partial charge in [0.2, 0.25) is 5.88 Å². The summed E-state index contributed by atoms with van der Waals surface area (Å²) >= 11 is 5.61. The SMILES string of the molecule is COc1ccc(N2CCN(C(=S)COC3CCC(Nc4ccc([N+](=O)[O-])c(C(F)(F)F)c4)CC3)CC2)cn1. The molecule has 38 heavy (non-hydrogen) atoms. The lowest BCUT2D eigenvalue weighted by Gasteiger charge is -2.37. The Bertz CT molecular complexity index is 1120. The third-order valence-corrected chi connectivity index (χ3v) is 7.29. The number of nitrogens with one attached hydrogen (secondary N) is 1. The molecule has 0 bridgehead atoms. The lowest BCUT2D eigenvalue weighted by molar-refractivity contribution is -0.388. The lowest BCUT2D eigenvalue weighted by atomic mass is 9.92. The molecule has 1 saturated carbocycles. The number of nitro benzene ring substituents is 1. The number of methoxy groups -OCH3 is 1. The van der Waals surface area contributed by atoms with Gasteiger partial charge in [-0.15, -0.1) is 0 Å². The number of rotatable bonds is 8. The van der Waals surface area contributed by atoms with Crippen molar-refractivity contribution >= 4 is 34.3 Å². The topological polar surface area (TPSA) is 93.0 Å². The van der Waals surface area contributed by atoms with Gasteiger partial charge in [-0.3, -0.25) is 10.1 Å². The van der Waals surface area contributed by atoms with Gasteiger partial charge in [-0.25, -0.2) is 4.98 Å². The fourth-order valence-corrected chi connectivity index (χ4v) is 5.05. The van der Waals surface area contributed by atoms with Gasteiger partial charge in [0.15, 0.2) is 0 Å². The van der Waals surface area contributed by atoms with E-state index >= 15 is 0 Å². The number of thiocarbonyl (C=S) groups is 1. The van der Waals surface area contributed by atoms with E-state index in [1.54, 1.807) is 13.3 Å². The molecule has 0 atom stereocenters. The molecule has 2 aromatic rings. The summed E-state index contributed by atoms with van der Waals surface area (Å²) in [5.74, 6) is 0.581. The predicted molar refractivity (Wildman–Crippen MR) is 141 cm³/mol. The number of anilines is 2. The summed E-state index contributed by atoms with van der Waals surface area (Å²) in [5.41, 5.74) is -0.936. The Morgan fingerprint density at radius 2 is 1.87 bits per heavy atom. The second kappa shape index (κ2) is 12.1. The number of ether oxygens (including phenoxy) is 2. The van der Waals surface area contributed by atoms with Crippen molar-refractivity contribution in [2.45, 2.75) is 44.0 Å². The summed E-state index contributed by atoms with van der Waals surface area (Å²) in [5, 5.41) is 14.1. The Hall–Kier alpha value is -3.19. The first-order valence-corrected chi connectivity index (χ1v) is 12.8. The molecule has 1 saturated heterocycles. The zero-order chi connectivity index (χ0) is 27.3. The van der Waals surface area contributed by atoms with E-state index in [9.17, 15) is 23.3 Å². The van der Waals surface area contributed by atoms with E-state index in [0.717, 1.165) is 61.8 Å². The van der Waals surface area contributed by atoms with Crippen molar-refractivity contribution in [2.75, 3.05) is 50.1 Å². The predicted octanol–water partition coefficient (Wildman–Crippen LogP) is 4.91. The number of benzene rings is 1. The molecule has 206 valence electrons. The van der Waals surface area contributed by atoms with Gasteiger partial charge in [0.1, 0.15) is 10.6 Å². The first-order chi connectivity index (χ1) is 18.1. The van der Waals surface area contributed by atoms with Crippen molar-refractivity contribution in [3.63, 3.8) is 0 Å². The summed E-state index contributed by atoms with van der Waals surface area (Å²) in [6.45, 7) is 3.59. The van der Waals surface area contributed by atoms with Crippen molar-refractivity contribution in [2.24, 2.45) is 0 Å². The Balaban J connectivity index is 1.19. The van der Waals surface area contributed by atoms with E-state index in [1.165, 1.54) is 6.07 Å². The molecule has 0 spiro atoms. The molecule has 2 heterocycles. The van der Waals surface area contributed by atoms with Crippen LogP contribution in [0.4, 0.5) is 30.2 Å². The van der Waals surface area contributed by atoms with Gasteiger partial charge in [-0.2, -0.15) is 13.2 Å². The number of nitrogens with zero attached hydrogens (tertiary/aromatic N) is 4. The van der Waals surface area contributed by atoms with E-state index in [4.69, 9.17) is 21.7 Å². The highest BCUT2D eigenvalue weighted by atomic mass is 32.1. The van der Waals surface area contributed by atoms with Gasteiger partial charge >= 0.3 is 6.18 Å². The van der Waals surface area contributed by atoms with Crippen LogP contribution in [0.25, 0.3) is 0 Å². The van der Waals surface area contributed by atoms with Crippen LogP contribution in [0.5, 0.6) is 5.88 Å². The molecule has 2 aliphatic rings. The molecule has 1 aliphatic heterocycles. The van der Waals surface area contributed by atoms with Gasteiger partial charge in [0.25, 0.3) is 5.69 Å². The lowest BCUT2D eigenvalue weighted by Crippen LogP contribution is -2.49. The van der Waals surface area contributed by atoms with E-state index in [0.29, 0.717) is 25.3 Å². The second-order valence-corrected chi connectivity index (χ2v) is 9.81. The van der Waals surface area contributed by atoms with Gasteiger partial charge < -0.3 is 24.6 Å². The third kappa shape index (κ3) is 7.01. The molecule has 1 aliphatic carbocycles. The highest BCUT2D eigenvalue weighted by molar-refractivity contribution is 7.80.